The number of hydrogen-bond acceptors (Lipinski definition) is 7. The normalized spacial score (nSPS) is 20.8. The Bertz CT molecular complexity index is 829. The Kier molecular flexibility index (Phi) is 9.29. The van der Waals surface area contributed by atoms with E-state index in [4.69, 9.17) is 14.2 Å². The first-order chi connectivity index (χ1) is 14.4. The van der Waals surface area contributed by atoms with E-state index in [1.165, 1.54) is 10.8 Å². The summed E-state index contributed by atoms with van der Waals surface area (Å²) in [5.74, 6) is -0.792. The summed E-state index contributed by atoms with van der Waals surface area (Å²) in [6, 6.07) is 0. The van der Waals surface area contributed by atoms with E-state index in [0.717, 1.165) is 25.7 Å². The Balaban J connectivity index is 2.18. The number of nitrogens with zero attached hydrogens (tertiary/aromatic N) is 1. The first kappa shape index (κ1) is 23.9. The predicted molar refractivity (Wildman–Crippen MR) is 109 cm³/mol. The molecule has 0 aliphatic carbocycles. The first-order valence-corrected chi connectivity index (χ1v) is 10.7. The van der Waals surface area contributed by atoms with E-state index in [2.05, 4.69) is 11.9 Å². The van der Waals surface area contributed by atoms with Gasteiger partial charge in [0, 0.05) is 31.0 Å². The minimum absolute atomic E-state index is 0.0766. The third kappa shape index (κ3) is 6.55. The SMILES string of the molecule is CCCCCCc1cn([C@H]2C[C@H](OC(=O)CC)[C@@H](COC(=O)CC)O2)c(=O)[nH]c1=O. The summed E-state index contributed by atoms with van der Waals surface area (Å²) >= 11 is 0. The molecule has 30 heavy (non-hydrogen) atoms. The lowest BCUT2D eigenvalue weighted by Crippen LogP contribution is -2.34. The number of esters is 2. The molecule has 0 radical (unpaired) electrons. The number of aromatic nitrogens is 2. The molecule has 9 nitrogen and oxygen atoms in total. The fourth-order valence-electron chi connectivity index (χ4n) is 3.34. The second-order valence-corrected chi connectivity index (χ2v) is 7.41. The highest BCUT2D eigenvalue weighted by Crippen LogP contribution is 2.30. The van der Waals surface area contributed by atoms with E-state index >= 15 is 0 Å². The predicted octanol–water partition coefficient (Wildman–Crippen LogP) is 2.22. The summed E-state index contributed by atoms with van der Waals surface area (Å²) in [5, 5.41) is 0. The van der Waals surface area contributed by atoms with Crippen LogP contribution in [0.5, 0.6) is 0 Å². The first-order valence-electron chi connectivity index (χ1n) is 10.7. The molecule has 3 atom stereocenters. The Morgan fingerprint density at radius 1 is 1.13 bits per heavy atom. The van der Waals surface area contributed by atoms with Crippen molar-refractivity contribution >= 4 is 11.9 Å². The van der Waals surface area contributed by atoms with E-state index < -0.39 is 41.6 Å². The van der Waals surface area contributed by atoms with Crippen LogP contribution >= 0.6 is 0 Å². The minimum Gasteiger partial charge on any atom is -0.463 e. The van der Waals surface area contributed by atoms with Crippen LogP contribution in [0.1, 0.15) is 77.5 Å². The van der Waals surface area contributed by atoms with Crippen LogP contribution in [0.2, 0.25) is 0 Å². The van der Waals surface area contributed by atoms with Crippen molar-refractivity contribution in [3.8, 4) is 0 Å². The number of aryl methyl sites for hydroxylation is 1. The van der Waals surface area contributed by atoms with Gasteiger partial charge in [-0.05, 0) is 12.8 Å². The Morgan fingerprint density at radius 3 is 2.53 bits per heavy atom. The standard InChI is InChI=1S/C21H32N2O7/c1-4-7-8-9-10-14-12-23(21(27)22-20(14)26)17-11-15(30-19(25)6-3)16(29-17)13-28-18(24)5-2/h12,15-17H,4-11,13H2,1-3H3,(H,22,26,27)/t15-,16+,17+/m0/s1. The molecule has 1 N–H and O–H groups in total. The molecule has 0 saturated carbocycles. The summed E-state index contributed by atoms with van der Waals surface area (Å²) in [6.45, 7) is 5.39. The number of carbonyl (C=O) groups is 2. The molecule has 1 aromatic heterocycles. The van der Waals surface area contributed by atoms with Gasteiger partial charge in [0.25, 0.3) is 5.56 Å². The summed E-state index contributed by atoms with van der Waals surface area (Å²) in [7, 11) is 0. The van der Waals surface area contributed by atoms with Gasteiger partial charge in [-0.25, -0.2) is 4.79 Å². The van der Waals surface area contributed by atoms with Gasteiger partial charge in [0.2, 0.25) is 0 Å². The molecule has 2 rings (SSSR count). The molecule has 1 saturated heterocycles. The van der Waals surface area contributed by atoms with Gasteiger partial charge < -0.3 is 14.2 Å². The maximum Gasteiger partial charge on any atom is 0.330 e. The van der Waals surface area contributed by atoms with E-state index in [9.17, 15) is 19.2 Å². The fourth-order valence-corrected chi connectivity index (χ4v) is 3.34. The smallest absolute Gasteiger partial charge is 0.330 e. The van der Waals surface area contributed by atoms with Gasteiger partial charge in [-0.3, -0.25) is 23.9 Å². The van der Waals surface area contributed by atoms with Gasteiger partial charge in [0.15, 0.2) is 0 Å². The molecule has 0 amide bonds. The molecule has 1 aliphatic rings. The topological polar surface area (TPSA) is 117 Å². The second kappa shape index (κ2) is 11.7. The highest BCUT2D eigenvalue weighted by molar-refractivity contribution is 5.69. The number of unbranched alkanes of at least 4 members (excludes halogenated alkanes) is 3. The van der Waals surface area contributed by atoms with Crippen molar-refractivity contribution in [2.45, 2.75) is 90.6 Å². The van der Waals surface area contributed by atoms with Crippen molar-refractivity contribution in [2.75, 3.05) is 6.61 Å². The van der Waals surface area contributed by atoms with Gasteiger partial charge in [0.05, 0.1) is 0 Å². The molecule has 0 spiro atoms. The highest BCUT2D eigenvalue weighted by atomic mass is 16.6. The lowest BCUT2D eigenvalue weighted by molar-refractivity contribution is -0.157. The summed E-state index contributed by atoms with van der Waals surface area (Å²) in [5.41, 5.74) is -0.473. The summed E-state index contributed by atoms with van der Waals surface area (Å²) < 4.78 is 17.8. The lowest BCUT2D eigenvalue weighted by atomic mass is 10.1. The number of H-pyrrole nitrogens is 1. The molecule has 1 fully saturated rings. The van der Waals surface area contributed by atoms with Crippen molar-refractivity contribution < 1.29 is 23.8 Å². The average molecular weight is 424 g/mol. The van der Waals surface area contributed by atoms with Crippen molar-refractivity contribution in [2.24, 2.45) is 0 Å². The molecule has 168 valence electrons. The molecule has 2 heterocycles. The number of aromatic amines is 1. The van der Waals surface area contributed by atoms with Gasteiger partial charge in [-0.15, -0.1) is 0 Å². The number of nitrogens with one attached hydrogen (secondary N) is 1. The number of ether oxygens (including phenoxy) is 3. The maximum absolute atomic E-state index is 12.4. The molecule has 1 aromatic rings. The molecule has 1 aliphatic heterocycles. The van der Waals surface area contributed by atoms with Crippen LogP contribution in [0.3, 0.4) is 0 Å². The third-order valence-electron chi connectivity index (χ3n) is 5.10. The van der Waals surface area contributed by atoms with E-state index in [1.54, 1.807) is 13.8 Å². The van der Waals surface area contributed by atoms with Crippen molar-refractivity contribution in [3.05, 3.63) is 32.6 Å². The van der Waals surface area contributed by atoms with Crippen molar-refractivity contribution in [1.82, 2.24) is 9.55 Å². The van der Waals surface area contributed by atoms with Gasteiger partial charge >= 0.3 is 17.6 Å². The Hall–Kier alpha value is -2.42. The molecular formula is C21H32N2O7. The zero-order chi connectivity index (χ0) is 22.1. The van der Waals surface area contributed by atoms with Crippen molar-refractivity contribution in [3.63, 3.8) is 0 Å². The highest BCUT2D eigenvalue weighted by Gasteiger charge is 2.40. The fraction of sp³-hybridized carbons (Fsp3) is 0.714. The Morgan fingerprint density at radius 2 is 1.87 bits per heavy atom. The number of hydrogen-bond donors (Lipinski definition) is 1. The quantitative estimate of drug-likeness (QED) is 0.427. The van der Waals surface area contributed by atoms with Crippen LogP contribution in [0.25, 0.3) is 0 Å². The van der Waals surface area contributed by atoms with Crippen LogP contribution in [-0.2, 0) is 30.2 Å². The summed E-state index contributed by atoms with van der Waals surface area (Å²) in [6.07, 6.45) is 4.70. The minimum atomic E-state index is -0.733. The average Bonchev–Trinajstić information content (AvgIpc) is 3.12. The second-order valence-electron chi connectivity index (χ2n) is 7.41. The molecule has 0 aromatic carbocycles. The molecule has 9 heteroatoms. The molecular weight excluding hydrogens is 392 g/mol. The maximum atomic E-state index is 12.4. The largest absolute Gasteiger partial charge is 0.463 e. The van der Waals surface area contributed by atoms with Gasteiger partial charge in [0.1, 0.15) is 25.0 Å². The third-order valence-corrected chi connectivity index (χ3v) is 5.10. The molecule has 0 bridgehead atoms. The van der Waals surface area contributed by atoms with Crippen LogP contribution in [0, 0.1) is 0 Å². The van der Waals surface area contributed by atoms with E-state index in [0.29, 0.717) is 12.0 Å². The lowest BCUT2D eigenvalue weighted by Gasteiger charge is -2.18. The zero-order valence-electron chi connectivity index (χ0n) is 18.0. The molecule has 0 unspecified atom stereocenters. The Labute approximate surface area is 175 Å². The zero-order valence-corrected chi connectivity index (χ0v) is 18.0. The van der Waals surface area contributed by atoms with E-state index in [1.807, 2.05) is 0 Å². The monoisotopic (exact) mass is 424 g/mol. The van der Waals surface area contributed by atoms with Gasteiger partial charge in [-0.2, -0.15) is 0 Å². The van der Waals surface area contributed by atoms with Crippen LogP contribution in [0.4, 0.5) is 0 Å². The number of rotatable bonds is 11. The van der Waals surface area contributed by atoms with Gasteiger partial charge in [-0.1, -0.05) is 40.0 Å². The number of carbonyl (C=O) groups excluding carboxylic acids is 2. The van der Waals surface area contributed by atoms with Crippen molar-refractivity contribution in [1.29, 1.82) is 0 Å². The van der Waals surface area contributed by atoms with E-state index in [-0.39, 0.29) is 25.9 Å². The van der Waals surface area contributed by atoms with Crippen LogP contribution < -0.4 is 11.2 Å². The summed E-state index contributed by atoms with van der Waals surface area (Å²) in [4.78, 5) is 50.2. The van der Waals surface area contributed by atoms with Crippen LogP contribution in [-0.4, -0.2) is 40.3 Å². The van der Waals surface area contributed by atoms with Crippen LogP contribution in [0.15, 0.2) is 15.8 Å².